The van der Waals surface area contributed by atoms with E-state index in [1.54, 1.807) is 6.08 Å². The van der Waals surface area contributed by atoms with Crippen LogP contribution in [0.4, 0.5) is 0 Å². The SMILES string of the molecule is CC(=O)OC1=CC(=O)C=C2CC[C@H]3[C@@H]4CCC[C@@]4(C)CC[C@@H]3[C@]21C. The van der Waals surface area contributed by atoms with Crippen LogP contribution in [0.5, 0.6) is 0 Å². The smallest absolute Gasteiger partial charge is 0.307 e. The first-order chi connectivity index (χ1) is 11.3. The Morgan fingerprint density at radius 2 is 1.92 bits per heavy atom. The summed E-state index contributed by atoms with van der Waals surface area (Å²) in [4.78, 5) is 23.7. The van der Waals surface area contributed by atoms with Gasteiger partial charge in [0.2, 0.25) is 0 Å². The second-order valence-electron chi connectivity index (χ2n) is 8.88. The molecule has 0 aromatic carbocycles. The Balaban J connectivity index is 1.74. The van der Waals surface area contributed by atoms with Gasteiger partial charge in [-0.1, -0.05) is 18.9 Å². The number of ether oxygens (including phenoxy) is 1. The molecule has 0 N–H and O–H groups in total. The Bertz CT molecular complexity index is 658. The topological polar surface area (TPSA) is 43.4 Å². The molecule has 4 aliphatic rings. The van der Waals surface area contributed by atoms with Crippen LogP contribution < -0.4 is 0 Å². The minimum atomic E-state index is -0.319. The molecule has 0 heterocycles. The molecule has 24 heavy (non-hydrogen) atoms. The Labute approximate surface area is 144 Å². The Morgan fingerprint density at radius 3 is 2.67 bits per heavy atom. The van der Waals surface area contributed by atoms with Crippen molar-refractivity contribution in [2.45, 2.75) is 65.7 Å². The Morgan fingerprint density at radius 1 is 1.12 bits per heavy atom. The number of ketones is 1. The fraction of sp³-hybridized carbons (Fsp3) is 0.714. The third-order valence-corrected chi connectivity index (χ3v) is 7.73. The molecule has 3 fully saturated rings. The lowest BCUT2D eigenvalue weighted by atomic mass is 9.48. The van der Waals surface area contributed by atoms with Crippen molar-refractivity contribution in [3.63, 3.8) is 0 Å². The zero-order valence-corrected chi connectivity index (χ0v) is 15.1. The van der Waals surface area contributed by atoms with Gasteiger partial charge in [-0.25, -0.2) is 0 Å². The number of esters is 1. The van der Waals surface area contributed by atoms with Crippen LogP contribution in [0.15, 0.2) is 23.5 Å². The first-order valence-corrected chi connectivity index (χ1v) is 9.50. The van der Waals surface area contributed by atoms with Gasteiger partial charge in [-0.2, -0.15) is 0 Å². The maximum absolute atomic E-state index is 12.1. The van der Waals surface area contributed by atoms with Crippen LogP contribution in [0.1, 0.15) is 65.7 Å². The highest BCUT2D eigenvalue weighted by atomic mass is 16.5. The van der Waals surface area contributed by atoms with Crippen LogP contribution in [0.2, 0.25) is 0 Å². The molecule has 3 heteroatoms. The van der Waals surface area contributed by atoms with E-state index in [0.717, 1.165) is 12.3 Å². The van der Waals surface area contributed by atoms with E-state index in [9.17, 15) is 9.59 Å². The standard InChI is InChI=1S/C21H28O3/c1-13(22)24-19-12-15(23)11-14-6-7-16-17-5-4-9-20(17,2)10-8-18(16)21(14,19)3/h11-12,16-18H,4-10H2,1-3H3/t16-,17-,18-,20-,21-/m0/s1. The normalized spacial score (nSPS) is 44.0. The molecule has 0 spiro atoms. The minimum absolute atomic E-state index is 0.0290. The maximum atomic E-state index is 12.1. The molecule has 0 amide bonds. The first kappa shape index (κ1) is 16.1. The van der Waals surface area contributed by atoms with Crippen molar-refractivity contribution in [2.75, 3.05) is 0 Å². The van der Waals surface area contributed by atoms with Crippen molar-refractivity contribution in [3.05, 3.63) is 23.5 Å². The van der Waals surface area contributed by atoms with E-state index in [0.29, 0.717) is 23.0 Å². The van der Waals surface area contributed by atoms with E-state index >= 15 is 0 Å². The van der Waals surface area contributed by atoms with Crippen molar-refractivity contribution in [2.24, 2.45) is 28.6 Å². The highest BCUT2D eigenvalue weighted by Crippen LogP contribution is 2.65. The van der Waals surface area contributed by atoms with Crippen LogP contribution in [0.3, 0.4) is 0 Å². The number of hydrogen-bond donors (Lipinski definition) is 0. The summed E-state index contributed by atoms with van der Waals surface area (Å²) < 4.78 is 5.58. The zero-order valence-electron chi connectivity index (χ0n) is 15.1. The van der Waals surface area contributed by atoms with E-state index in [2.05, 4.69) is 13.8 Å². The number of rotatable bonds is 1. The number of carbonyl (C=O) groups is 2. The highest BCUT2D eigenvalue weighted by molar-refractivity contribution is 6.02. The fourth-order valence-corrected chi connectivity index (χ4v) is 6.57. The highest BCUT2D eigenvalue weighted by Gasteiger charge is 2.58. The molecule has 0 saturated heterocycles. The van der Waals surface area contributed by atoms with Gasteiger partial charge in [0.15, 0.2) is 5.78 Å². The lowest BCUT2D eigenvalue weighted by Crippen LogP contribution is -2.50. The van der Waals surface area contributed by atoms with Crippen molar-refractivity contribution in [3.8, 4) is 0 Å². The molecule has 0 aliphatic heterocycles. The van der Waals surface area contributed by atoms with Crippen LogP contribution in [0, 0.1) is 28.6 Å². The van der Waals surface area contributed by atoms with E-state index in [-0.39, 0.29) is 17.2 Å². The summed E-state index contributed by atoms with van der Waals surface area (Å²) in [6.07, 6.45) is 12.0. The second-order valence-corrected chi connectivity index (χ2v) is 8.88. The molecule has 4 rings (SSSR count). The van der Waals surface area contributed by atoms with Crippen molar-refractivity contribution in [1.82, 2.24) is 0 Å². The van der Waals surface area contributed by atoms with Crippen LogP contribution >= 0.6 is 0 Å². The summed E-state index contributed by atoms with van der Waals surface area (Å²) >= 11 is 0. The van der Waals surface area contributed by atoms with Gasteiger partial charge in [0.1, 0.15) is 5.76 Å². The monoisotopic (exact) mass is 328 g/mol. The summed E-state index contributed by atoms with van der Waals surface area (Å²) in [5.41, 5.74) is 1.43. The quantitative estimate of drug-likeness (QED) is 0.662. The summed E-state index contributed by atoms with van der Waals surface area (Å²) in [6.45, 7) is 6.14. The molecule has 0 unspecified atom stereocenters. The molecule has 130 valence electrons. The lowest BCUT2D eigenvalue weighted by Gasteiger charge is -2.56. The zero-order chi connectivity index (χ0) is 17.1. The van der Waals surface area contributed by atoms with E-state index in [1.165, 1.54) is 51.0 Å². The molecule has 0 aromatic rings. The Hall–Kier alpha value is -1.38. The van der Waals surface area contributed by atoms with Gasteiger partial charge in [0, 0.05) is 13.0 Å². The maximum Gasteiger partial charge on any atom is 0.307 e. The lowest BCUT2D eigenvalue weighted by molar-refractivity contribution is -0.140. The predicted octanol–water partition coefficient (Wildman–Crippen LogP) is 4.58. The number of allylic oxidation sites excluding steroid dienone is 3. The first-order valence-electron chi connectivity index (χ1n) is 9.50. The summed E-state index contributed by atoms with van der Waals surface area (Å²) in [5, 5.41) is 0. The second kappa shape index (κ2) is 5.31. The summed E-state index contributed by atoms with van der Waals surface area (Å²) in [6, 6.07) is 0. The molecule has 0 bridgehead atoms. The van der Waals surface area contributed by atoms with Gasteiger partial charge >= 0.3 is 5.97 Å². The molecular formula is C21H28O3. The van der Waals surface area contributed by atoms with Crippen LogP contribution in [0.25, 0.3) is 0 Å². The van der Waals surface area contributed by atoms with E-state index in [4.69, 9.17) is 4.74 Å². The van der Waals surface area contributed by atoms with Gasteiger partial charge in [-0.3, -0.25) is 9.59 Å². The third kappa shape index (κ3) is 2.16. The van der Waals surface area contributed by atoms with Crippen LogP contribution in [-0.4, -0.2) is 11.8 Å². The summed E-state index contributed by atoms with van der Waals surface area (Å²) in [5.74, 6) is 2.24. The van der Waals surface area contributed by atoms with Crippen molar-refractivity contribution >= 4 is 11.8 Å². The average molecular weight is 328 g/mol. The fourth-order valence-electron chi connectivity index (χ4n) is 6.57. The Kier molecular flexibility index (Phi) is 3.56. The largest absolute Gasteiger partial charge is 0.430 e. The van der Waals surface area contributed by atoms with Gasteiger partial charge in [0.05, 0.1) is 5.41 Å². The summed E-state index contributed by atoms with van der Waals surface area (Å²) in [7, 11) is 0. The molecule has 0 radical (unpaired) electrons. The van der Waals surface area contributed by atoms with Gasteiger partial charge in [0.25, 0.3) is 0 Å². The predicted molar refractivity (Wildman–Crippen MR) is 91.9 cm³/mol. The van der Waals surface area contributed by atoms with Crippen molar-refractivity contribution < 1.29 is 14.3 Å². The molecule has 0 aromatic heterocycles. The van der Waals surface area contributed by atoms with Gasteiger partial charge in [-0.05, 0) is 74.7 Å². The van der Waals surface area contributed by atoms with Gasteiger partial charge < -0.3 is 4.74 Å². The van der Waals surface area contributed by atoms with Gasteiger partial charge in [-0.15, -0.1) is 0 Å². The average Bonchev–Trinajstić information content (AvgIpc) is 2.90. The number of hydrogen-bond acceptors (Lipinski definition) is 3. The molecule has 3 nitrogen and oxygen atoms in total. The van der Waals surface area contributed by atoms with E-state index in [1.807, 2.05) is 6.08 Å². The molecule has 5 atom stereocenters. The third-order valence-electron chi connectivity index (χ3n) is 7.73. The van der Waals surface area contributed by atoms with Crippen LogP contribution in [-0.2, 0) is 14.3 Å². The number of carbonyl (C=O) groups excluding carboxylic acids is 2. The van der Waals surface area contributed by atoms with Crippen molar-refractivity contribution in [1.29, 1.82) is 0 Å². The molecule has 4 aliphatic carbocycles. The van der Waals surface area contributed by atoms with E-state index < -0.39 is 0 Å². The minimum Gasteiger partial charge on any atom is -0.430 e. The number of fused-ring (bicyclic) bond motifs is 5. The molecular weight excluding hydrogens is 300 g/mol. The molecule has 3 saturated carbocycles.